The highest BCUT2D eigenvalue weighted by Crippen LogP contribution is 2.39. The Morgan fingerprint density at radius 1 is 0.569 bits per heavy atom. The molecule has 4 aliphatic carbocycles. The molecule has 9 heteroatoms. The molecule has 376 valence electrons. The number of benzene rings is 3. The molecule has 4 atom stereocenters. The lowest BCUT2D eigenvalue weighted by Gasteiger charge is -2.16. The van der Waals surface area contributed by atoms with Gasteiger partial charge in [-0.1, -0.05) is 171 Å². The van der Waals surface area contributed by atoms with E-state index in [4.69, 9.17) is 10.7 Å². The van der Waals surface area contributed by atoms with Gasteiger partial charge in [-0.3, -0.25) is 9.20 Å². The van der Waals surface area contributed by atoms with Gasteiger partial charge in [-0.05, 0) is 110 Å². The van der Waals surface area contributed by atoms with Crippen molar-refractivity contribution in [1.82, 2.24) is 34.3 Å². The number of anilines is 1. The Morgan fingerprint density at radius 2 is 1.12 bits per heavy atom. The quantitative estimate of drug-likeness (QED) is 0.176. The molecule has 3 N–H and O–H groups in total. The Bertz CT molecular complexity index is 3270. The minimum absolute atomic E-state index is 0.0214. The zero-order chi connectivity index (χ0) is 52.3. The van der Waals surface area contributed by atoms with Gasteiger partial charge in [0.25, 0.3) is 5.56 Å². The van der Waals surface area contributed by atoms with Crippen molar-refractivity contribution in [2.75, 3.05) is 5.73 Å². The van der Waals surface area contributed by atoms with Gasteiger partial charge in [0.1, 0.15) is 29.4 Å². The van der Waals surface area contributed by atoms with Gasteiger partial charge in [0.15, 0.2) is 0 Å². The molecule has 9 nitrogen and oxygen atoms in total. The van der Waals surface area contributed by atoms with Crippen LogP contribution in [0.3, 0.4) is 0 Å². The van der Waals surface area contributed by atoms with Crippen LogP contribution in [0, 0.1) is 65.2 Å². The number of hydrogen-bond acceptors (Lipinski definition) is 7. The Hall–Kier alpha value is -6.74. The minimum atomic E-state index is -0.0214. The van der Waals surface area contributed by atoms with Crippen LogP contribution in [0.2, 0.25) is 0 Å². The summed E-state index contributed by atoms with van der Waals surface area (Å²) in [5.74, 6) is 7.00. The largest absolute Gasteiger partial charge is 0.383 e. The molecule has 11 rings (SSSR count). The molecule has 0 fully saturated rings. The summed E-state index contributed by atoms with van der Waals surface area (Å²) < 4.78 is 2.05. The summed E-state index contributed by atoms with van der Waals surface area (Å²) in [6.45, 7) is 34.8. The topological polar surface area (TPSA) is 128 Å². The molecule has 4 aliphatic rings. The first kappa shape index (κ1) is 53.1. The number of nitrogen functional groups attached to an aromatic ring is 1. The Labute approximate surface area is 429 Å². The number of nitrogens with two attached hydrogens (primary N) is 1. The van der Waals surface area contributed by atoms with Gasteiger partial charge in [-0.15, -0.1) is 0 Å². The Balaban J connectivity index is 0.000000132. The van der Waals surface area contributed by atoms with Crippen LogP contribution in [0.5, 0.6) is 0 Å². The summed E-state index contributed by atoms with van der Waals surface area (Å²) in [4.78, 5) is 36.0. The van der Waals surface area contributed by atoms with Crippen molar-refractivity contribution in [3.8, 4) is 0 Å². The van der Waals surface area contributed by atoms with Gasteiger partial charge in [0, 0.05) is 47.2 Å². The standard InChI is InChI=1S/C15H18.C14H18.C13H15N3.C11H14N2O.C10H13N3/c1-10(2)13-6-5-7-14-12(4)8-11(3)9-15(13)14;1-9(2)12-5-6-13-11(4)7-10(3)8-14(12)13;1-8(2)10-4-5-11-12(10)15-9(3)16-7-6-14-13(11)16;1-6(2)8-4-5-9-10(8)12-7(3)13-11(9)14;1-6(2)7-3-4-8-9(7)12-5-13-10(8)11/h5-10H,1-4H3;5-9,12H,1-4H3;4-8,10H,1-3H3;4-6,8H,1-3H3,(H,12,13,14);3-7H,1-2H3,(H2,11,12,13). The van der Waals surface area contributed by atoms with Crippen molar-refractivity contribution in [3.63, 3.8) is 0 Å². The molecular weight excluding hydrogens is 885 g/mol. The molecule has 0 aliphatic heterocycles. The van der Waals surface area contributed by atoms with Gasteiger partial charge in [-0.25, -0.2) is 24.9 Å². The number of imidazole rings is 1. The first-order valence-electron chi connectivity index (χ1n) is 26.0. The Kier molecular flexibility index (Phi) is 16.5. The predicted octanol–water partition coefficient (Wildman–Crippen LogP) is 15.1. The predicted molar refractivity (Wildman–Crippen MR) is 304 cm³/mol. The van der Waals surface area contributed by atoms with Crippen LogP contribution in [0.4, 0.5) is 5.82 Å². The summed E-state index contributed by atoms with van der Waals surface area (Å²) in [6, 6.07) is 15.8. The van der Waals surface area contributed by atoms with Gasteiger partial charge in [-0.2, -0.15) is 0 Å². The molecule has 0 amide bonds. The van der Waals surface area contributed by atoms with E-state index in [1.807, 2.05) is 42.8 Å². The third-order valence-electron chi connectivity index (χ3n) is 14.5. The van der Waals surface area contributed by atoms with Crippen LogP contribution in [0.25, 0.3) is 40.7 Å². The minimum Gasteiger partial charge on any atom is -0.383 e. The molecule has 0 saturated carbocycles. The summed E-state index contributed by atoms with van der Waals surface area (Å²) in [5.41, 5.74) is 22.8. The van der Waals surface area contributed by atoms with Crippen molar-refractivity contribution in [2.24, 2.45) is 23.7 Å². The Morgan fingerprint density at radius 3 is 1.76 bits per heavy atom. The SMILES string of the molecule is CC(C)C1C=Cc2c(N)ncnc21.Cc1cc(C)c2c(c1)C(C(C)C)C=C2.Cc1cc(C)c2cccc(C(C)C)c2c1.Cc1nc2c(c(=O)[nH]1)C=CC2C(C)C.Cc1nc2c(c3nccn13)C=CC2C(C)C. The van der Waals surface area contributed by atoms with E-state index in [1.54, 1.807) is 0 Å². The average molecular weight is 963 g/mol. The highest BCUT2D eigenvalue weighted by molar-refractivity contribution is 5.89. The van der Waals surface area contributed by atoms with E-state index in [-0.39, 0.29) is 5.56 Å². The normalized spacial score (nSPS) is 17.4. The molecule has 3 aromatic carbocycles. The van der Waals surface area contributed by atoms with Gasteiger partial charge in [0.2, 0.25) is 0 Å². The molecule has 4 heterocycles. The number of aryl methyl sites for hydroxylation is 6. The van der Waals surface area contributed by atoms with Crippen LogP contribution in [0.15, 0.2) is 90.3 Å². The monoisotopic (exact) mass is 963 g/mol. The summed E-state index contributed by atoms with van der Waals surface area (Å²) in [5, 5.41) is 2.82. The molecular formula is C63H78N8O. The fourth-order valence-electron chi connectivity index (χ4n) is 10.6. The number of allylic oxidation sites excluding steroid dienone is 4. The van der Waals surface area contributed by atoms with Crippen molar-refractivity contribution in [2.45, 2.75) is 140 Å². The maximum Gasteiger partial charge on any atom is 0.258 e. The number of fused-ring (bicyclic) bond motifs is 7. The molecule has 0 saturated heterocycles. The summed E-state index contributed by atoms with van der Waals surface area (Å²) in [7, 11) is 0. The van der Waals surface area contributed by atoms with E-state index in [0.717, 1.165) is 34.0 Å². The molecule has 4 unspecified atom stereocenters. The second-order valence-electron chi connectivity index (χ2n) is 21.9. The highest BCUT2D eigenvalue weighted by Gasteiger charge is 2.27. The molecule has 4 aromatic heterocycles. The summed E-state index contributed by atoms with van der Waals surface area (Å²) in [6.07, 6.45) is 22.5. The number of nitrogens with one attached hydrogen (secondary N) is 1. The van der Waals surface area contributed by atoms with E-state index >= 15 is 0 Å². The zero-order valence-electron chi connectivity index (χ0n) is 45.8. The number of hydrogen-bond donors (Lipinski definition) is 2. The van der Waals surface area contributed by atoms with Crippen molar-refractivity contribution < 1.29 is 0 Å². The smallest absolute Gasteiger partial charge is 0.258 e. The van der Waals surface area contributed by atoms with Crippen LogP contribution in [-0.4, -0.2) is 34.3 Å². The lowest BCUT2D eigenvalue weighted by Crippen LogP contribution is -2.16. The van der Waals surface area contributed by atoms with Crippen molar-refractivity contribution >= 4 is 46.5 Å². The van der Waals surface area contributed by atoms with Crippen LogP contribution < -0.4 is 11.3 Å². The number of aromatic amines is 1. The van der Waals surface area contributed by atoms with Crippen LogP contribution >= 0.6 is 0 Å². The molecule has 72 heavy (non-hydrogen) atoms. The van der Waals surface area contributed by atoms with E-state index in [9.17, 15) is 4.79 Å². The van der Waals surface area contributed by atoms with Gasteiger partial charge < -0.3 is 10.7 Å². The molecule has 0 spiro atoms. The third-order valence-corrected chi connectivity index (χ3v) is 14.5. The van der Waals surface area contributed by atoms with Gasteiger partial charge in [0.05, 0.1) is 22.6 Å². The average Bonchev–Trinajstić information content (AvgIpc) is 4.16. The molecule has 0 radical (unpaired) electrons. The second-order valence-corrected chi connectivity index (χ2v) is 21.9. The van der Waals surface area contributed by atoms with Crippen molar-refractivity contribution in [1.29, 1.82) is 0 Å². The van der Waals surface area contributed by atoms with Crippen molar-refractivity contribution in [3.05, 3.63) is 180 Å². The molecule has 7 aromatic rings. The number of H-pyrrole nitrogens is 1. The highest BCUT2D eigenvalue weighted by atomic mass is 16.1. The molecule has 0 bridgehead atoms. The zero-order valence-corrected chi connectivity index (χ0v) is 45.8. The first-order valence-corrected chi connectivity index (χ1v) is 26.0. The van der Waals surface area contributed by atoms with Crippen LogP contribution in [0.1, 0.15) is 183 Å². The first-order chi connectivity index (χ1) is 34.2. The van der Waals surface area contributed by atoms with Gasteiger partial charge >= 0.3 is 0 Å². The van der Waals surface area contributed by atoms with E-state index in [2.05, 4.69) is 201 Å². The summed E-state index contributed by atoms with van der Waals surface area (Å²) >= 11 is 0. The maximum atomic E-state index is 11.6. The van der Waals surface area contributed by atoms with E-state index < -0.39 is 0 Å². The van der Waals surface area contributed by atoms with E-state index in [1.165, 1.54) is 67.3 Å². The van der Waals surface area contributed by atoms with E-state index in [0.29, 0.717) is 64.9 Å². The number of rotatable bonds is 5. The fraction of sp³-hybridized carbons (Fsp3) is 0.397. The number of aromatic nitrogens is 7. The van der Waals surface area contributed by atoms with Crippen LogP contribution in [-0.2, 0) is 0 Å². The third kappa shape index (κ3) is 11.3. The lowest BCUT2D eigenvalue weighted by molar-refractivity contribution is 0.569. The lowest BCUT2D eigenvalue weighted by atomic mass is 9.88. The number of nitrogens with zero attached hydrogens (tertiary/aromatic N) is 6. The maximum absolute atomic E-state index is 11.6. The second kappa shape index (κ2) is 22.4. The fourth-order valence-corrected chi connectivity index (χ4v) is 10.6.